The largest absolute Gasteiger partial charge is 0.462 e. The summed E-state index contributed by atoms with van der Waals surface area (Å²) in [7, 11) is 0. The van der Waals surface area contributed by atoms with E-state index in [4.69, 9.17) is 0 Å². The van der Waals surface area contributed by atoms with Gasteiger partial charge >= 0.3 is 11.7 Å². The van der Waals surface area contributed by atoms with Crippen molar-refractivity contribution in [2.45, 2.75) is 51.2 Å². The lowest BCUT2D eigenvalue weighted by Crippen LogP contribution is -2.02. The second-order valence-corrected chi connectivity index (χ2v) is 3.48. The summed E-state index contributed by atoms with van der Waals surface area (Å²) in [5.74, 6) is 0. The molecule has 0 aliphatic heterocycles. The van der Waals surface area contributed by atoms with E-state index in [9.17, 15) is 4.21 Å². The zero-order valence-corrected chi connectivity index (χ0v) is 7.75. The lowest BCUT2D eigenvalue weighted by molar-refractivity contribution is 0.578. The van der Waals surface area contributed by atoms with E-state index in [0.29, 0.717) is 5.25 Å². The van der Waals surface area contributed by atoms with E-state index >= 15 is 0 Å². The fraction of sp³-hybridized carbons (Fsp3) is 1.00. The Morgan fingerprint density at radius 2 is 2.00 bits per heavy atom. The van der Waals surface area contributed by atoms with Crippen molar-refractivity contribution in [3.63, 3.8) is 0 Å². The quantitative estimate of drug-likeness (QED) is 0.432. The molecule has 0 aromatic carbocycles. The summed E-state index contributed by atoms with van der Waals surface area (Å²) >= 11 is 0.770. The van der Waals surface area contributed by atoms with Crippen LogP contribution in [0.1, 0.15) is 46.0 Å². The molecule has 1 unspecified atom stereocenters. The van der Waals surface area contributed by atoms with Crippen LogP contribution in [0.2, 0.25) is 0 Å². The van der Waals surface area contributed by atoms with Crippen LogP contribution in [-0.4, -0.2) is 5.25 Å². The number of rotatable bonds is 6. The zero-order chi connectivity index (χ0) is 7.82. The van der Waals surface area contributed by atoms with E-state index in [-0.39, 0.29) is 0 Å². The van der Waals surface area contributed by atoms with Gasteiger partial charge in [-0.3, -0.25) is 0 Å². The second-order valence-electron chi connectivity index (χ2n) is 2.62. The van der Waals surface area contributed by atoms with Crippen molar-refractivity contribution >= 4 is 11.7 Å². The SMILES string of the molecule is CCCCCC(CC)[S+]=O. The maximum atomic E-state index is 10.4. The Bertz CT molecular complexity index is 83.3. The van der Waals surface area contributed by atoms with E-state index in [0.717, 1.165) is 24.5 Å². The van der Waals surface area contributed by atoms with Crippen molar-refractivity contribution in [1.29, 1.82) is 0 Å². The molecular weight excluding hydrogens is 144 g/mol. The Kier molecular flexibility index (Phi) is 7.15. The van der Waals surface area contributed by atoms with Crippen molar-refractivity contribution < 1.29 is 4.21 Å². The maximum absolute atomic E-state index is 10.4. The van der Waals surface area contributed by atoms with Crippen LogP contribution in [0.15, 0.2) is 0 Å². The lowest BCUT2D eigenvalue weighted by Gasteiger charge is -1.94. The average Bonchev–Trinajstić information content (AvgIpc) is 1.99. The molecule has 0 amide bonds. The fourth-order valence-electron chi connectivity index (χ4n) is 0.942. The van der Waals surface area contributed by atoms with Gasteiger partial charge in [0.2, 0.25) is 5.25 Å². The molecule has 2 heteroatoms. The molecule has 0 N–H and O–H groups in total. The predicted molar refractivity (Wildman–Crippen MR) is 46.3 cm³/mol. The first-order chi connectivity index (χ1) is 4.85. The van der Waals surface area contributed by atoms with Gasteiger partial charge in [-0.25, -0.2) is 0 Å². The van der Waals surface area contributed by atoms with Crippen LogP contribution in [-0.2, 0) is 15.9 Å². The van der Waals surface area contributed by atoms with Crippen LogP contribution < -0.4 is 0 Å². The molecule has 0 aromatic rings. The van der Waals surface area contributed by atoms with Crippen molar-refractivity contribution in [2.24, 2.45) is 0 Å². The van der Waals surface area contributed by atoms with E-state index < -0.39 is 0 Å². The molecule has 0 saturated heterocycles. The predicted octanol–water partition coefficient (Wildman–Crippen LogP) is 2.77. The van der Waals surface area contributed by atoms with Crippen LogP contribution in [0.5, 0.6) is 0 Å². The third-order valence-electron chi connectivity index (χ3n) is 1.72. The molecule has 0 aromatic heterocycles. The summed E-state index contributed by atoms with van der Waals surface area (Å²) in [5.41, 5.74) is 0. The summed E-state index contributed by atoms with van der Waals surface area (Å²) in [6, 6.07) is 0. The molecule has 0 saturated carbocycles. The summed E-state index contributed by atoms with van der Waals surface area (Å²) in [6.45, 7) is 4.27. The van der Waals surface area contributed by atoms with Gasteiger partial charge in [-0.1, -0.05) is 26.7 Å². The molecule has 0 rings (SSSR count). The molecule has 60 valence electrons. The highest BCUT2D eigenvalue weighted by molar-refractivity contribution is 7.66. The normalized spacial score (nSPS) is 13.0. The highest BCUT2D eigenvalue weighted by Crippen LogP contribution is 2.07. The van der Waals surface area contributed by atoms with Crippen molar-refractivity contribution in [3.05, 3.63) is 0 Å². The molecule has 0 bridgehead atoms. The molecule has 0 spiro atoms. The molecule has 1 nitrogen and oxygen atoms in total. The first kappa shape index (κ1) is 10.0. The van der Waals surface area contributed by atoms with Crippen molar-refractivity contribution in [2.75, 3.05) is 0 Å². The molecule has 0 fully saturated rings. The van der Waals surface area contributed by atoms with Crippen LogP contribution in [0.25, 0.3) is 0 Å². The van der Waals surface area contributed by atoms with Crippen molar-refractivity contribution in [1.82, 2.24) is 0 Å². The number of unbranched alkanes of at least 4 members (excludes halogenated alkanes) is 2. The van der Waals surface area contributed by atoms with E-state index in [2.05, 4.69) is 13.8 Å². The highest BCUT2D eigenvalue weighted by Gasteiger charge is 2.16. The molecular formula is C8H17OS+. The minimum absolute atomic E-state index is 0.367. The van der Waals surface area contributed by atoms with Crippen LogP contribution in [0.3, 0.4) is 0 Å². The standard InChI is InChI=1S/C8H17OS/c1-3-5-6-7-8(4-2)10-9/h8H,3-7H2,1-2H3/q+1. The first-order valence-electron chi connectivity index (χ1n) is 4.13. The number of hydrogen-bond acceptors (Lipinski definition) is 1. The van der Waals surface area contributed by atoms with Crippen LogP contribution in [0, 0.1) is 0 Å². The lowest BCUT2D eigenvalue weighted by atomic mass is 10.1. The Morgan fingerprint density at radius 3 is 2.40 bits per heavy atom. The summed E-state index contributed by atoms with van der Waals surface area (Å²) < 4.78 is 10.4. The second kappa shape index (κ2) is 7.13. The fourth-order valence-corrected chi connectivity index (χ4v) is 1.34. The molecule has 0 aliphatic carbocycles. The molecule has 1 atom stereocenters. The van der Waals surface area contributed by atoms with Crippen molar-refractivity contribution in [3.8, 4) is 0 Å². The van der Waals surface area contributed by atoms with Gasteiger partial charge in [0, 0.05) is 17.1 Å². The van der Waals surface area contributed by atoms with Gasteiger partial charge in [-0.05, 0) is 6.42 Å². The van der Waals surface area contributed by atoms with E-state index in [1.54, 1.807) is 0 Å². The van der Waals surface area contributed by atoms with Gasteiger partial charge in [0.15, 0.2) is 0 Å². The molecule has 0 aliphatic rings. The Morgan fingerprint density at radius 1 is 1.30 bits per heavy atom. The molecule has 0 radical (unpaired) electrons. The third kappa shape index (κ3) is 4.86. The Balaban J connectivity index is 3.17. The van der Waals surface area contributed by atoms with Gasteiger partial charge in [0.25, 0.3) is 0 Å². The minimum Gasteiger partial charge on any atom is -0.0654 e. The Hall–Kier alpha value is 0.0200. The first-order valence-corrected chi connectivity index (χ1v) is 4.94. The van der Waals surface area contributed by atoms with Crippen LogP contribution in [0.4, 0.5) is 0 Å². The molecule has 0 heterocycles. The Labute approximate surface area is 67.7 Å². The summed E-state index contributed by atoms with van der Waals surface area (Å²) in [6.07, 6.45) is 5.89. The van der Waals surface area contributed by atoms with Gasteiger partial charge in [-0.2, -0.15) is 0 Å². The average molecular weight is 161 g/mol. The van der Waals surface area contributed by atoms with E-state index in [1.807, 2.05) is 0 Å². The smallest absolute Gasteiger partial charge is 0.0654 e. The number of hydrogen-bond donors (Lipinski definition) is 0. The van der Waals surface area contributed by atoms with Gasteiger partial charge in [0.05, 0.1) is 0 Å². The zero-order valence-electron chi connectivity index (χ0n) is 6.93. The molecule has 10 heavy (non-hydrogen) atoms. The summed E-state index contributed by atoms with van der Waals surface area (Å²) in [4.78, 5) is 0. The highest BCUT2D eigenvalue weighted by atomic mass is 32.1. The maximum Gasteiger partial charge on any atom is 0.462 e. The minimum atomic E-state index is 0.367. The van der Waals surface area contributed by atoms with Gasteiger partial charge in [-0.15, -0.1) is 0 Å². The topological polar surface area (TPSA) is 17.1 Å². The van der Waals surface area contributed by atoms with Gasteiger partial charge < -0.3 is 0 Å². The van der Waals surface area contributed by atoms with Crippen LogP contribution >= 0.6 is 0 Å². The van der Waals surface area contributed by atoms with E-state index in [1.165, 1.54) is 19.3 Å². The monoisotopic (exact) mass is 161 g/mol. The summed E-state index contributed by atoms with van der Waals surface area (Å²) in [5, 5.41) is 0.367. The third-order valence-corrected chi connectivity index (χ3v) is 2.56. The van der Waals surface area contributed by atoms with Gasteiger partial charge in [0.1, 0.15) is 0 Å².